The van der Waals surface area contributed by atoms with Gasteiger partial charge in [0, 0.05) is 40.6 Å². The Hall–Kier alpha value is -6.56. The number of hydrogen-bond donors (Lipinski definition) is 4. The van der Waals surface area contributed by atoms with Gasteiger partial charge >= 0.3 is 30.3 Å². The highest BCUT2D eigenvalue weighted by Gasteiger charge is 2.68. The smallest absolute Gasteiger partial charge is 0.435 e. The Bertz CT molecular complexity index is 3400. The number of carbonyl (C=O) groups is 4. The second kappa shape index (κ2) is 18.9. The summed E-state index contributed by atoms with van der Waals surface area (Å²) in [5.74, 6) is -16.1. The molecule has 3 amide bonds. The van der Waals surface area contributed by atoms with Crippen LogP contribution in [0.25, 0.3) is 22.0 Å². The van der Waals surface area contributed by atoms with Crippen molar-refractivity contribution in [1.29, 1.82) is 0 Å². The average Bonchev–Trinajstić information content (AvgIpc) is 3.76. The second-order valence-electron chi connectivity index (χ2n) is 18.8. The number of sulfone groups is 1. The lowest BCUT2D eigenvalue weighted by molar-refractivity contribution is -0.157. The van der Waals surface area contributed by atoms with Crippen molar-refractivity contribution in [2.24, 2.45) is 5.92 Å². The quantitative estimate of drug-likeness (QED) is 0.0529. The van der Waals surface area contributed by atoms with Crippen molar-refractivity contribution in [2.75, 3.05) is 16.8 Å². The number of nitrogens with zero attached hydrogens (tertiary/aromatic N) is 6. The number of carbonyl (C=O) groups excluding carboxylic acids is 2. The summed E-state index contributed by atoms with van der Waals surface area (Å²) in [6.07, 6.45) is -10.7. The Morgan fingerprint density at radius 1 is 0.893 bits per heavy atom. The fourth-order valence-corrected chi connectivity index (χ4v) is 10.2. The summed E-state index contributed by atoms with van der Waals surface area (Å²) >= 11 is 6.57. The van der Waals surface area contributed by atoms with Gasteiger partial charge in [0.05, 0.1) is 38.7 Å². The van der Waals surface area contributed by atoms with E-state index in [1.165, 1.54) is 25.2 Å². The summed E-state index contributed by atoms with van der Waals surface area (Å²) < 4.78 is 198. The van der Waals surface area contributed by atoms with E-state index in [0.29, 0.717) is 19.2 Å². The zero-order chi connectivity index (χ0) is 56.1. The molecular weight excluding hydrogens is 1090 g/mol. The molecule has 0 bridgehead atoms. The molecule has 406 valence electrons. The zero-order valence-corrected chi connectivity index (χ0v) is 41.7. The van der Waals surface area contributed by atoms with Crippen LogP contribution < -0.4 is 14.9 Å². The monoisotopic (exact) mass is 1130 g/mol. The molecule has 0 aliphatic heterocycles. The summed E-state index contributed by atoms with van der Waals surface area (Å²) in [4.78, 5) is 56.6. The van der Waals surface area contributed by atoms with Crippen molar-refractivity contribution in [1.82, 2.24) is 35.2 Å². The first kappa shape index (κ1) is 56.2. The van der Waals surface area contributed by atoms with Crippen LogP contribution in [0.4, 0.5) is 54.5 Å². The van der Waals surface area contributed by atoms with Crippen LogP contribution in [0.1, 0.15) is 79.5 Å². The SMILES string of the molecule is CC(NC(=O)N(c1nn(CC(F)(F)F)c2c(-c3ccc(CCC(C)(C)S(C)(=O)=O)nc3[C@H](Cc3cc(F)cc(F)c3)NC(=O)Cn3nc(C(F)(F)F)c4c3C(F)(F)C3C[C@H]43)ccc(Cl)c12)S(C)(=O)=O)(C(=O)O)C(=O)O. The predicted octanol–water partition coefficient (Wildman–Crippen LogP) is 7.28. The van der Waals surface area contributed by atoms with Crippen LogP contribution in [0.2, 0.25) is 5.02 Å². The third-order valence-electron chi connectivity index (χ3n) is 12.9. The number of urea groups is 1. The number of anilines is 1. The van der Waals surface area contributed by atoms with Crippen LogP contribution in [0.5, 0.6) is 0 Å². The number of hydrogen-bond acceptors (Lipinski definition) is 11. The number of carboxylic acids is 2. The molecule has 1 unspecified atom stereocenters. The lowest BCUT2D eigenvalue weighted by atomic mass is 9.93. The highest BCUT2D eigenvalue weighted by molar-refractivity contribution is 7.93. The van der Waals surface area contributed by atoms with Crippen LogP contribution in [0.3, 0.4) is 0 Å². The number of pyridine rings is 1. The molecule has 2 aromatic carbocycles. The number of carboxylic acid groups (broad SMARTS) is 2. The van der Waals surface area contributed by atoms with Gasteiger partial charge < -0.3 is 20.8 Å². The molecule has 18 nitrogen and oxygen atoms in total. The van der Waals surface area contributed by atoms with Crippen molar-refractivity contribution >= 4 is 72.1 Å². The first-order chi connectivity index (χ1) is 34.3. The van der Waals surface area contributed by atoms with Gasteiger partial charge in [0.25, 0.3) is 5.92 Å². The van der Waals surface area contributed by atoms with Crippen molar-refractivity contribution in [3.63, 3.8) is 0 Å². The third kappa shape index (κ3) is 10.9. The number of fused-ring (bicyclic) bond motifs is 4. The van der Waals surface area contributed by atoms with Gasteiger partial charge in [-0.3, -0.25) is 19.1 Å². The maximum Gasteiger partial charge on any atom is 0.435 e. The van der Waals surface area contributed by atoms with Crippen molar-refractivity contribution in [2.45, 2.75) is 100 Å². The molecule has 4 N–H and O–H groups in total. The number of sulfonamides is 1. The Morgan fingerprint density at radius 3 is 2.04 bits per heavy atom. The molecule has 31 heteroatoms. The number of amides is 3. The van der Waals surface area contributed by atoms with Crippen LogP contribution in [-0.2, 0) is 72.3 Å². The lowest BCUT2D eigenvalue weighted by Gasteiger charge is -2.26. The minimum Gasteiger partial charge on any atom is -0.479 e. The number of aryl methyl sites for hydroxylation is 1. The number of aliphatic carboxylic acids is 2. The molecule has 5 aromatic rings. The minimum absolute atomic E-state index is 0.0248. The normalized spacial score (nSPS) is 17.1. The van der Waals surface area contributed by atoms with E-state index >= 15 is 8.78 Å². The van der Waals surface area contributed by atoms with Crippen LogP contribution >= 0.6 is 11.6 Å². The summed E-state index contributed by atoms with van der Waals surface area (Å²) in [5.41, 5.74) is -9.35. The molecular formula is C44H41ClF10N8O10S2. The van der Waals surface area contributed by atoms with Gasteiger partial charge in [0.15, 0.2) is 21.3 Å². The van der Waals surface area contributed by atoms with E-state index in [0.717, 1.165) is 36.6 Å². The number of nitrogens with one attached hydrogen (secondary N) is 2. The molecule has 1 saturated carbocycles. The van der Waals surface area contributed by atoms with Gasteiger partial charge in [-0.2, -0.15) is 49.6 Å². The minimum atomic E-state index is -5.26. The molecule has 1 fully saturated rings. The van der Waals surface area contributed by atoms with E-state index in [4.69, 9.17) is 11.6 Å². The highest BCUT2D eigenvalue weighted by Crippen LogP contribution is 2.68. The molecule has 3 heterocycles. The molecule has 3 aromatic heterocycles. The molecule has 2 aliphatic carbocycles. The lowest BCUT2D eigenvalue weighted by Crippen LogP contribution is -2.61. The maximum absolute atomic E-state index is 15.6. The van der Waals surface area contributed by atoms with E-state index < -0.39 is 171 Å². The predicted molar refractivity (Wildman–Crippen MR) is 244 cm³/mol. The highest BCUT2D eigenvalue weighted by atomic mass is 35.5. The van der Waals surface area contributed by atoms with E-state index in [-0.39, 0.29) is 49.8 Å². The number of benzene rings is 2. The van der Waals surface area contributed by atoms with Crippen molar-refractivity contribution in [3.8, 4) is 11.1 Å². The van der Waals surface area contributed by atoms with Gasteiger partial charge in [-0.05, 0) is 82.2 Å². The van der Waals surface area contributed by atoms with Gasteiger partial charge in [0.2, 0.25) is 21.5 Å². The van der Waals surface area contributed by atoms with Gasteiger partial charge in [-0.1, -0.05) is 23.7 Å². The topological polar surface area (TPSA) is 253 Å². The van der Waals surface area contributed by atoms with Gasteiger partial charge in [0.1, 0.15) is 30.4 Å². The van der Waals surface area contributed by atoms with Gasteiger partial charge in [-0.25, -0.2) is 40.0 Å². The molecule has 7 rings (SSSR count). The summed E-state index contributed by atoms with van der Waals surface area (Å²) in [7, 11) is -8.96. The van der Waals surface area contributed by atoms with E-state index in [1.54, 1.807) is 0 Å². The number of alkyl halides is 8. The Labute approximate surface area is 423 Å². The molecule has 0 spiro atoms. The summed E-state index contributed by atoms with van der Waals surface area (Å²) in [6.45, 7) is -0.291. The van der Waals surface area contributed by atoms with Crippen molar-refractivity contribution in [3.05, 3.63) is 93.0 Å². The van der Waals surface area contributed by atoms with E-state index in [2.05, 4.69) is 20.5 Å². The molecule has 0 saturated heterocycles. The number of halogens is 11. The van der Waals surface area contributed by atoms with Crippen molar-refractivity contribution < 1.29 is 90.1 Å². The van der Waals surface area contributed by atoms with Crippen LogP contribution in [0, 0.1) is 17.6 Å². The van der Waals surface area contributed by atoms with E-state index in [9.17, 15) is 81.4 Å². The zero-order valence-electron chi connectivity index (χ0n) is 39.3. The Kier molecular flexibility index (Phi) is 14.2. The number of rotatable bonds is 17. The third-order valence-corrected chi connectivity index (χ3v) is 16.4. The second-order valence-corrected chi connectivity index (χ2v) is 23.7. The summed E-state index contributed by atoms with van der Waals surface area (Å²) in [6, 6.07) is 2.46. The van der Waals surface area contributed by atoms with Gasteiger partial charge in [-0.15, -0.1) is 0 Å². The average molecular weight is 1130 g/mol. The maximum atomic E-state index is 15.6. The number of aromatic nitrogens is 5. The summed E-state index contributed by atoms with van der Waals surface area (Å²) in [5, 5.41) is 28.9. The first-order valence-corrected chi connectivity index (χ1v) is 25.9. The molecule has 2 aliphatic rings. The molecule has 75 heavy (non-hydrogen) atoms. The Balaban J connectivity index is 1.48. The first-order valence-electron chi connectivity index (χ1n) is 21.8. The standard InChI is InChI=1S/C44H41ClF10N8O10S2/c1-40(2,74(4,70)71)11-10-22-6-7-23(24-8-9-27(45)31-33(24)62(18-42(48,49)50)60-36(31)63(75(5,72)73)39(69)58-41(3,37(65)66)38(67)68)32(56-22)28(14-19-12-20(46)15-21(47)13-19)57-29(64)17-61-35-30(34(59-61)44(53,54)55)25-16-26(25)43(35,51)52/h6-9,12-13,15,25-26,28H,10-11,14,16-18H2,1-5H3,(H,57,64)(H,58,69)(H,65,66)(H,67,68)/t25-,26?,28-/m0/s1. The largest absolute Gasteiger partial charge is 0.479 e. The fourth-order valence-electron chi connectivity index (χ4n) is 8.69. The van der Waals surface area contributed by atoms with E-state index in [1.807, 2.05) is 0 Å². The van der Waals surface area contributed by atoms with Crippen LogP contribution in [0.15, 0.2) is 42.5 Å². The Morgan fingerprint density at radius 2 is 1.49 bits per heavy atom. The molecule has 3 atom stereocenters. The molecule has 0 radical (unpaired) electrons. The fraction of sp³-hybridized carbons (Fsp3) is 0.432. The van der Waals surface area contributed by atoms with Crippen LogP contribution in [-0.4, -0.2) is 104 Å².